The summed E-state index contributed by atoms with van der Waals surface area (Å²) in [6.07, 6.45) is 0. The number of fused-ring (bicyclic) bond motifs is 1. The van der Waals surface area contributed by atoms with Gasteiger partial charge in [-0.15, -0.1) is 0 Å². The minimum Gasteiger partial charge on any atom is -0.465 e. The molecule has 1 heterocycles. The number of ether oxygens (including phenoxy) is 2. The van der Waals surface area contributed by atoms with Crippen molar-refractivity contribution in [1.82, 2.24) is 4.98 Å². The summed E-state index contributed by atoms with van der Waals surface area (Å²) in [6.45, 7) is 5.38. The number of aryl methyl sites for hydroxylation is 1. The second-order valence-electron chi connectivity index (χ2n) is 6.74. The zero-order chi connectivity index (χ0) is 21.8. The van der Waals surface area contributed by atoms with E-state index in [0.29, 0.717) is 21.5 Å². The lowest BCUT2D eigenvalue weighted by atomic mass is 9.92. The number of H-pyrrole nitrogens is 1. The Labute approximate surface area is 179 Å². The third-order valence-electron chi connectivity index (χ3n) is 4.66. The monoisotopic (exact) mass is 427 g/mol. The quantitative estimate of drug-likeness (QED) is 0.339. The van der Waals surface area contributed by atoms with Gasteiger partial charge in [-0.25, -0.2) is 0 Å². The Morgan fingerprint density at radius 2 is 1.57 bits per heavy atom. The van der Waals surface area contributed by atoms with Gasteiger partial charge in [-0.1, -0.05) is 23.2 Å². The summed E-state index contributed by atoms with van der Waals surface area (Å²) >= 11 is 5.94. The van der Waals surface area contributed by atoms with Crippen LogP contribution in [0.15, 0.2) is 42.5 Å². The molecule has 1 N–H and O–H groups in total. The van der Waals surface area contributed by atoms with Crippen molar-refractivity contribution >= 4 is 40.2 Å². The maximum absolute atomic E-state index is 13.3. The molecule has 6 nitrogen and oxygen atoms in total. The van der Waals surface area contributed by atoms with Gasteiger partial charge in [-0.05, 0) is 57.2 Å². The fourth-order valence-electron chi connectivity index (χ4n) is 3.33. The second kappa shape index (κ2) is 9.13. The van der Waals surface area contributed by atoms with Crippen LogP contribution in [0.2, 0.25) is 5.02 Å². The maximum atomic E-state index is 13.3. The molecule has 0 saturated heterocycles. The van der Waals surface area contributed by atoms with Gasteiger partial charge in [0, 0.05) is 27.1 Å². The molecule has 0 aliphatic heterocycles. The standard InChI is InChI=1S/C23H22ClNO5/c1-4-29-22(27)19(23(28)30-5-2)18-16-12-13(3)6-11-17(16)25-20(18)21(26)14-7-9-15(24)10-8-14/h6-12,19,25H,4-5H2,1-3H3. The zero-order valence-electron chi connectivity index (χ0n) is 17.0. The highest BCUT2D eigenvalue weighted by molar-refractivity contribution is 6.30. The van der Waals surface area contributed by atoms with Crippen molar-refractivity contribution in [1.29, 1.82) is 0 Å². The maximum Gasteiger partial charge on any atom is 0.324 e. The van der Waals surface area contributed by atoms with Crippen molar-refractivity contribution in [2.45, 2.75) is 26.7 Å². The van der Waals surface area contributed by atoms with Gasteiger partial charge in [0.25, 0.3) is 0 Å². The van der Waals surface area contributed by atoms with E-state index >= 15 is 0 Å². The van der Waals surface area contributed by atoms with E-state index in [4.69, 9.17) is 21.1 Å². The van der Waals surface area contributed by atoms with Crippen LogP contribution in [-0.2, 0) is 19.1 Å². The highest BCUT2D eigenvalue weighted by atomic mass is 35.5. The SMILES string of the molecule is CCOC(=O)C(C(=O)OCC)c1c(C(=O)c2ccc(Cl)cc2)[nH]c2ccc(C)cc12. The predicted molar refractivity (Wildman–Crippen MR) is 114 cm³/mol. The van der Waals surface area contributed by atoms with Gasteiger partial charge in [0.1, 0.15) is 0 Å². The normalized spacial score (nSPS) is 11.0. The zero-order valence-corrected chi connectivity index (χ0v) is 17.7. The van der Waals surface area contributed by atoms with Crippen LogP contribution in [0, 0.1) is 6.92 Å². The van der Waals surface area contributed by atoms with Crippen molar-refractivity contribution in [2.24, 2.45) is 0 Å². The number of esters is 2. The Morgan fingerprint density at radius 3 is 2.13 bits per heavy atom. The number of nitrogens with one attached hydrogen (secondary N) is 1. The Bertz CT molecular complexity index is 1080. The molecule has 0 saturated carbocycles. The molecule has 0 fully saturated rings. The van der Waals surface area contributed by atoms with Crippen molar-refractivity contribution in [3.63, 3.8) is 0 Å². The molecule has 0 radical (unpaired) electrons. The summed E-state index contributed by atoms with van der Waals surface area (Å²) < 4.78 is 10.3. The van der Waals surface area contributed by atoms with Crippen LogP contribution in [0.1, 0.15) is 46.9 Å². The summed E-state index contributed by atoms with van der Waals surface area (Å²) in [7, 11) is 0. The molecule has 30 heavy (non-hydrogen) atoms. The predicted octanol–water partition coefficient (Wildman–Crippen LogP) is 4.57. The highest BCUT2D eigenvalue weighted by Gasteiger charge is 2.37. The summed E-state index contributed by atoms with van der Waals surface area (Å²) in [6, 6.07) is 11.9. The summed E-state index contributed by atoms with van der Waals surface area (Å²) in [5, 5.41) is 1.09. The first-order chi connectivity index (χ1) is 14.4. The molecule has 0 atom stereocenters. The molecule has 0 bridgehead atoms. The van der Waals surface area contributed by atoms with Crippen LogP contribution in [0.4, 0.5) is 0 Å². The van der Waals surface area contributed by atoms with Crippen LogP contribution < -0.4 is 0 Å². The van der Waals surface area contributed by atoms with E-state index in [2.05, 4.69) is 4.98 Å². The van der Waals surface area contributed by atoms with E-state index < -0.39 is 17.9 Å². The van der Waals surface area contributed by atoms with Crippen molar-refractivity contribution in [3.05, 3.63) is 69.9 Å². The van der Waals surface area contributed by atoms with Gasteiger partial charge < -0.3 is 14.5 Å². The van der Waals surface area contributed by atoms with Crippen LogP contribution >= 0.6 is 11.6 Å². The third kappa shape index (κ3) is 4.24. The van der Waals surface area contributed by atoms with E-state index in [-0.39, 0.29) is 30.3 Å². The number of hydrogen-bond donors (Lipinski definition) is 1. The van der Waals surface area contributed by atoms with Gasteiger partial charge in [0.05, 0.1) is 18.9 Å². The molecule has 7 heteroatoms. The number of halogens is 1. The lowest BCUT2D eigenvalue weighted by Crippen LogP contribution is -2.27. The van der Waals surface area contributed by atoms with Crippen LogP contribution in [0.3, 0.4) is 0 Å². The number of aromatic nitrogens is 1. The summed E-state index contributed by atoms with van der Waals surface area (Å²) in [5.41, 5.74) is 2.32. The molecule has 3 aromatic rings. The van der Waals surface area contributed by atoms with Crippen molar-refractivity contribution in [3.8, 4) is 0 Å². The van der Waals surface area contributed by atoms with Crippen LogP contribution in [0.25, 0.3) is 10.9 Å². The molecule has 0 amide bonds. The molecule has 156 valence electrons. The number of aromatic amines is 1. The Balaban J connectivity index is 2.26. The van der Waals surface area contributed by atoms with Gasteiger partial charge in [-0.2, -0.15) is 0 Å². The van der Waals surface area contributed by atoms with Crippen molar-refractivity contribution in [2.75, 3.05) is 13.2 Å². The largest absolute Gasteiger partial charge is 0.465 e. The first-order valence-corrected chi connectivity index (χ1v) is 10.0. The number of ketones is 1. The number of hydrogen-bond acceptors (Lipinski definition) is 5. The van der Waals surface area contributed by atoms with E-state index in [1.807, 2.05) is 19.1 Å². The van der Waals surface area contributed by atoms with Crippen LogP contribution in [-0.4, -0.2) is 35.9 Å². The first-order valence-electron chi connectivity index (χ1n) is 9.63. The topological polar surface area (TPSA) is 85.5 Å². The number of carbonyl (C=O) groups is 3. The third-order valence-corrected chi connectivity index (χ3v) is 4.91. The summed E-state index contributed by atoms with van der Waals surface area (Å²) in [4.78, 5) is 42.0. The van der Waals surface area contributed by atoms with Gasteiger partial charge >= 0.3 is 11.9 Å². The van der Waals surface area contributed by atoms with E-state index in [1.165, 1.54) is 0 Å². The minimum absolute atomic E-state index is 0.0938. The average molecular weight is 428 g/mol. The smallest absolute Gasteiger partial charge is 0.324 e. The molecule has 0 aliphatic carbocycles. The Hall–Kier alpha value is -3.12. The molecule has 2 aromatic carbocycles. The van der Waals surface area contributed by atoms with Crippen LogP contribution in [0.5, 0.6) is 0 Å². The molecule has 1 aromatic heterocycles. The highest BCUT2D eigenvalue weighted by Crippen LogP contribution is 2.33. The molecule has 0 spiro atoms. The fraction of sp³-hybridized carbons (Fsp3) is 0.261. The number of rotatable bonds is 7. The van der Waals surface area contributed by atoms with Gasteiger partial charge in [0.15, 0.2) is 5.92 Å². The average Bonchev–Trinajstić information content (AvgIpc) is 3.07. The fourth-order valence-corrected chi connectivity index (χ4v) is 3.46. The van der Waals surface area contributed by atoms with E-state index in [0.717, 1.165) is 5.56 Å². The number of carbonyl (C=O) groups excluding carboxylic acids is 3. The lowest BCUT2D eigenvalue weighted by molar-refractivity contribution is -0.156. The number of benzene rings is 2. The second-order valence-corrected chi connectivity index (χ2v) is 7.17. The van der Waals surface area contributed by atoms with Crippen molar-refractivity contribution < 1.29 is 23.9 Å². The Morgan fingerprint density at radius 1 is 0.967 bits per heavy atom. The van der Waals surface area contributed by atoms with E-state index in [9.17, 15) is 14.4 Å². The minimum atomic E-state index is -1.38. The molecule has 0 unspecified atom stereocenters. The molecular weight excluding hydrogens is 406 g/mol. The lowest BCUT2D eigenvalue weighted by Gasteiger charge is -2.16. The Kier molecular flexibility index (Phi) is 6.57. The van der Waals surface area contributed by atoms with Gasteiger partial charge in [-0.3, -0.25) is 14.4 Å². The van der Waals surface area contributed by atoms with E-state index in [1.54, 1.807) is 44.2 Å². The molecule has 3 rings (SSSR count). The van der Waals surface area contributed by atoms with Gasteiger partial charge in [0.2, 0.25) is 5.78 Å². The summed E-state index contributed by atoms with van der Waals surface area (Å²) in [5.74, 6) is -3.27. The first kappa shape index (κ1) is 21.6. The molecule has 0 aliphatic rings. The molecular formula is C23H22ClNO5.